The summed E-state index contributed by atoms with van der Waals surface area (Å²) < 4.78 is 10.5. The van der Waals surface area contributed by atoms with Crippen molar-refractivity contribution in [2.24, 2.45) is 0 Å². The molecule has 0 bridgehead atoms. The molecule has 0 aliphatic rings. The molecule has 21 heavy (non-hydrogen) atoms. The van der Waals surface area contributed by atoms with E-state index in [1.165, 1.54) is 19.2 Å². The number of hydrogen-bond donors (Lipinski definition) is 2. The summed E-state index contributed by atoms with van der Waals surface area (Å²) in [7, 11) is 1.50. The zero-order valence-corrected chi connectivity index (χ0v) is 11.7. The standard InChI is InChI=1S/C16H17NO4/c1-20-13-7-8-15(18)14(11-13)16(19)17-9-10-21-12-5-3-2-4-6-12/h2-8,11,18H,9-10H2,1H3,(H,17,19). The van der Waals surface area contributed by atoms with Crippen molar-refractivity contribution < 1.29 is 19.4 Å². The second-order valence-electron chi connectivity index (χ2n) is 4.30. The Kier molecular flexibility index (Phi) is 5.04. The Hall–Kier alpha value is -2.69. The van der Waals surface area contributed by atoms with Crippen LogP contribution in [0, 0.1) is 0 Å². The third-order valence-electron chi connectivity index (χ3n) is 2.85. The Morgan fingerprint density at radius 1 is 1.14 bits per heavy atom. The van der Waals surface area contributed by atoms with E-state index in [2.05, 4.69) is 5.32 Å². The number of rotatable bonds is 6. The molecule has 5 heteroatoms. The molecule has 2 N–H and O–H groups in total. The second kappa shape index (κ2) is 7.19. The number of amides is 1. The third kappa shape index (κ3) is 4.14. The van der Waals surface area contributed by atoms with E-state index in [1.807, 2.05) is 30.3 Å². The van der Waals surface area contributed by atoms with Crippen molar-refractivity contribution in [3.8, 4) is 17.2 Å². The summed E-state index contributed by atoms with van der Waals surface area (Å²) in [4.78, 5) is 12.0. The second-order valence-corrected chi connectivity index (χ2v) is 4.30. The van der Waals surface area contributed by atoms with Gasteiger partial charge < -0.3 is 19.9 Å². The summed E-state index contributed by atoms with van der Waals surface area (Å²) >= 11 is 0. The molecular formula is C16H17NO4. The molecule has 1 amide bonds. The minimum absolute atomic E-state index is 0.0859. The normalized spacial score (nSPS) is 9.95. The van der Waals surface area contributed by atoms with E-state index in [9.17, 15) is 9.90 Å². The van der Waals surface area contributed by atoms with Gasteiger partial charge in [0.1, 0.15) is 23.9 Å². The van der Waals surface area contributed by atoms with E-state index in [1.54, 1.807) is 6.07 Å². The van der Waals surface area contributed by atoms with Crippen LogP contribution in [0.15, 0.2) is 48.5 Å². The lowest BCUT2D eigenvalue weighted by Crippen LogP contribution is -2.28. The maximum atomic E-state index is 12.0. The largest absolute Gasteiger partial charge is 0.507 e. The molecule has 0 unspecified atom stereocenters. The van der Waals surface area contributed by atoms with Crippen molar-refractivity contribution in [2.45, 2.75) is 0 Å². The summed E-state index contributed by atoms with van der Waals surface area (Å²) in [5.41, 5.74) is 0.175. The van der Waals surface area contributed by atoms with Gasteiger partial charge in [-0.15, -0.1) is 0 Å². The molecule has 0 aromatic heterocycles. The smallest absolute Gasteiger partial charge is 0.255 e. The summed E-state index contributed by atoms with van der Waals surface area (Å²) in [5, 5.41) is 12.4. The molecule has 0 heterocycles. The number of benzene rings is 2. The lowest BCUT2D eigenvalue weighted by atomic mass is 10.2. The average molecular weight is 287 g/mol. The maximum Gasteiger partial charge on any atom is 0.255 e. The minimum atomic E-state index is -0.372. The van der Waals surface area contributed by atoms with Crippen molar-refractivity contribution in [2.75, 3.05) is 20.3 Å². The van der Waals surface area contributed by atoms with Crippen LogP contribution >= 0.6 is 0 Å². The van der Waals surface area contributed by atoms with Crippen molar-refractivity contribution in [3.63, 3.8) is 0 Å². The molecule has 0 saturated carbocycles. The van der Waals surface area contributed by atoms with E-state index in [0.717, 1.165) is 5.75 Å². The van der Waals surface area contributed by atoms with Gasteiger partial charge in [-0.05, 0) is 30.3 Å². The van der Waals surface area contributed by atoms with Crippen LogP contribution in [0.2, 0.25) is 0 Å². The quantitative estimate of drug-likeness (QED) is 0.799. The van der Waals surface area contributed by atoms with Gasteiger partial charge >= 0.3 is 0 Å². The highest BCUT2D eigenvalue weighted by Gasteiger charge is 2.11. The number of hydrogen-bond acceptors (Lipinski definition) is 4. The van der Waals surface area contributed by atoms with Crippen LogP contribution < -0.4 is 14.8 Å². The Morgan fingerprint density at radius 3 is 2.62 bits per heavy atom. The summed E-state index contributed by atoms with van der Waals surface area (Å²) in [5.74, 6) is 0.801. The summed E-state index contributed by atoms with van der Waals surface area (Å²) in [6.07, 6.45) is 0. The van der Waals surface area contributed by atoms with Gasteiger partial charge in [0.05, 0.1) is 19.2 Å². The van der Waals surface area contributed by atoms with Gasteiger partial charge in [-0.25, -0.2) is 0 Å². The Bertz CT molecular complexity index is 598. The van der Waals surface area contributed by atoms with Gasteiger partial charge in [0.15, 0.2) is 0 Å². The molecular weight excluding hydrogens is 270 g/mol. The molecule has 0 fully saturated rings. The third-order valence-corrected chi connectivity index (χ3v) is 2.85. The molecule has 0 radical (unpaired) electrons. The highest BCUT2D eigenvalue weighted by atomic mass is 16.5. The molecule has 110 valence electrons. The van der Waals surface area contributed by atoms with Crippen LogP contribution in [-0.4, -0.2) is 31.3 Å². The zero-order chi connectivity index (χ0) is 15.1. The van der Waals surface area contributed by atoms with Crippen LogP contribution in [0.25, 0.3) is 0 Å². The van der Waals surface area contributed by atoms with E-state index >= 15 is 0 Å². The minimum Gasteiger partial charge on any atom is -0.507 e. The van der Waals surface area contributed by atoms with Crippen LogP contribution in [-0.2, 0) is 0 Å². The van der Waals surface area contributed by atoms with E-state index in [4.69, 9.17) is 9.47 Å². The topological polar surface area (TPSA) is 67.8 Å². The average Bonchev–Trinajstić information content (AvgIpc) is 2.53. The molecule has 0 spiro atoms. The van der Waals surface area contributed by atoms with Crippen molar-refractivity contribution >= 4 is 5.91 Å². The fourth-order valence-electron chi connectivity index (χ4n) is 1.77. The zero-order valence-electron chi connectivity index (χ0n) is 11.7. The molecule has 0 atom stereocenters. The highest BCUT2D eigenvalue weighted by molar-refractivity contribution is 5.97. The number of phenols is 1. The van der Waals surface area contributed by atoms with E-state index < -0.39 is 0 Å². The number of carbonyl (C=O) groups excluding carboxylic acids is 1. The lowest BCUT2D eigenvalue weighted by molar-refractivity contribution is 0.0944. The first-order valence-corrected chi connectivity index (χ1v) is 6.54. The summed E-state index contributed by atoms with van der Waals surface area (Å²) in [6.45, 7) is 0.685. The number of aromatic hydroxyl groups is 1. The number of ether oxygens (including phenoxy) is 2. The van der Waals surface area contributed by atoms with Gasteiger partial charge in [0.2, 0.25) is 0 Å². The maximum absolute atomic E-state index is 12.0. The number of carbonyl (C=O) groups is 1. The SMILES string of the molecule is COc1ccc(O)c(C(=O)NCCOc2ccccc2)c1. The molecule has 0 saturated heterocycles. The molecule has 5 nitrogen and oxygen atoms in total. The fourth-order valence-corrected chi connectivity index (χ4v) is 1.77. The molecule has 0 aliphatic heterocycles. The Balaban J connectivity index is 1.84. The van der Waals surface area contributed by atoms with E-state index in [-0.39, 0.29) is 17.2 Å². The molecule has 2 rings (SSSR count). The fraction of sp³-hybridized carbons (Fsp3) is 0.188. The lowest BCUT2D eigenvalue weighted by Gasteiger charge is -2.09. The van der Waals surface area contributed by atoms with Gasteiger partial charge in [0, 0.05) is 0 Å². The van der Waals surface area contributed by atoms with E-state index in [0.29, 0.717) is 18.9 Å². The Labute approximate surface area is 123 Å². The monoisotopic (exact) mass is 287 g/mol. The number of para-hydroxylation sites is 1. The predicted octanol–water partition coefficient (Wildman–Crippen LogP) is 2.21. The Morgan fingerprint density at radius 2 is 1.90 bits per heavy atom. The first kappa shape index (κ1) is 14.7. The number of methoxy groups -OCH3 is 1. The molecule has 2 aromatic carbocycles. The van der Waals surface area contributed by atoms with Crippen LogP contribution in [0.4, 0.5) is 0 Å². The number of phenolic OH excluding ortho intramolecular Hbond substituents is 1. The van der Waals surface area contributed by atoms with Gasteiger partial charge in [0.25, 0.3) is 5.91 Å². The van der Waals surface area contributed by atoms with Gasteiger partial charge in [-0.3, -0.25) is 4.79 Å². The molecule has 2 aromatic rings. The van der Waals surface area contributed by atoms with Crippen molar-refractivity contribution in [3.05, 3.63) is 54.1 Å². The van der Waals surface area contributed by atoms with Gasteiger partial charge in [-0.2, -0.15) is 0 Å². The van der Waals surface area contributed by atoms with Crippen molar-refractivity contribution in [1.82, 2.24) is 5.32 Å². The van der Waals surface area contributed by atoms with Crippen LogP contribution in [0.5, 0.6) is 17.2 Å². The number of nitrogens with one attached hydrogen (secondary N) is 1. The first-order chi connectivity index (χ1) is 10.2. The van der Waals surface area contributed by atoms with Crippen LogP contribution in [0.3, 0.4) is 0 Å². The summed E-state index contributed by atoms with van der Waals surface area (Å²) in [6, 6.07) is 13.8. The predicted molar refractivity (Wildman–Crippen MR) is 78.9 cm³/mol. The van der Waals surface area contributed by atoms with Crippen molar-refractivity contribution in [1.29, 1.82) is 0 Å². The van der Waals surface area contributed by atoms with Gasteiger partial charge in [-0.1, -0.05) is 18.2 Å². The highest BCUT2D eigenvalue weighted by Crippen LogP contribution is 2.22. The van der Waals surface area contributed by atoms with Crippen LogP contribution in [0.1, 0.15) is 10.4 Å². The first-order valence-electron chi connectivity index (χ1n) is 6.54. The molecule has 0 aliphatic carbocycles.